The van der Waals surface area contributed by atoms with Crippen molar-refractivity contribution in [1.29, 1.82) is 5.26 Å². The van der Waals surface area contributed by atoms with Crippen LogP contribution in [0.3, 0.4) is 0 Å². The van der Waals surface area contributed by atoms with E-state index in [1.54, 1.807) is 18.3 Å². The third-order valence-electron chi connectivity index (χ3n) is 3.58. The van der Waals surface area contributed by atoms with E-state index in [4.69, 9.17) is 23.2 Å². The summed E-state index contributed by atoms with van der Waals surface area (Å²) in [5.74, 6) is 0. The molecule has 0 saturated heterocycles. The number of aromatic nitrogens is 1. The topological polar surface area (TPSA) is 48.7 Å². The van der Waals surface area contributed by atoms with Gasteiger partial charge in [0.05, 0.1) is 10.7 Å². The smallest absolute Gasteiger partial charge is 0.136 e. The first-order valence-electron chi connectivity index (χ1n) is 7.42. The monoisotopic (exact) mass is 385 g/mol. The lowest BCUT2D eigenvalue weighted by Gasteiger charge is -2.04. The normalized spacial score (nSPS) is 11.2. The molecule has 0 saturated carbocycles. The van der Waals surface area contributed by atoms with E-state index in [0.717, 1.165) is 22.5 Å². The third-order valence-corrected chi connectivity index (χ3v) is 5.00. The van der Waals surface area contributed by atoms with Crippen LogP contribution in [-0.2, 0) is 0 Å². The summed E-state index contributed by atoms with van der Waals surface area (Å²) in [6.45, 7) is 2.01. The van der Waals surface area contributed by atoms with Gasteiger partial charge in [-0.25, -0.2) is 4.98 Å². The molecule has 1 aromatic heterocycles. The summed E-state index contributed by atoms with van der Waals surface area (Å²) >= 11 is 13.6. The Morgan fingerprint density at radius 2 is 2.04 bits per heavy atom. The molecular formula is C19H13Cl2N3S. The van der Waals surface area contributed by atoms with Crippen molar-refractivity contribution >= 4 is 45.8 Å². The number of anilines is 1. The van der Waals surface area contributed by atoms with Crippen molar-refractivity contribution in [1.82, 2.24) is 4.98 Å². The number of rotatable bonds is 4. The summed E-state index contributed by atoms with van der Waals surface area (Å²) in [7, 11) is 0. The van der Waals surface area contributed by atoms with Gasteiger partial charge in [-0.3, -0.25) is 0 Å². The Balaban J connectivity index is 1.88. The van der Waals surface area contributed by atoms with E-state index in [-0.39, 0.29) is 0 Å². The van der Waals surface area contributed by atoms with E-state index >= 15 is 0 Å². The average Bonchev–Trinajstić information content (AvgIpc) is 3.06. The Bertz CT molecular complexity index is 986. The molecule has 3 aromatic rings. The van der Waals surface area contributed by atoms with Crippen molar-refractivity contribution in [3.8, 4) is 17.3 Å². The predicted octanol–water partition coefficient (Wildman–Crippen LogP) is 6.40. The molecule has 6 heteroatoms. The quantitative estimate of drug-likeness (QED) is 0.528. The highest BCUT2D eigenvalue weighted by molar-refractivity contribution is 7.11. The van der Waals surface area contributed by atoms with Gasteiger partial charge in [0.1, 0.15) is 16.6 Å². The molecule has 2 aromatic carbocycles. The fourth-order valence-electron chi connectivity index (χ4n) is 2.24. The number of nitrogens with zero attached hydrogens (tertiary/aromatic N) is 2. The second-order valence-corrected chi connectivity index (χ2v) is 6.99. The van der Waals surface area contributed by atoms with Crippen LogP contribution in [0.4, 0.5) is 5.69 Å². The van der Waals surface area contributed by atoms with Crippen LogP contribution in [0.15, 0.2) is 54.0 Å². The Kier molecular flexibility index (Phi) is 5.40. The number of hydrogen-bond donors (Lipinski definition) is 1. The number of thiazole rings is 1. The zero-order valence-electron chi connectivity index (χ0n) is 13.3. The van der Waals surface area contributed by atoms with Gasteiger partial charge in [-0.1, -0.05) is 41.4 Å². The molecule has 0 fully saturated rings. The lowest BCUT2D eigenvalue weighted by atomic mass is 10.2. The number of aryl methyl sites for hydroxylation is 1. The molecule has 0 bridgehead atoms. The number of nitrogens with one attached hydrogen (secondary N) is 1. The molecule has 0 atom stereocenters. The zero-order chi connectivity index (χ0) is 17.8. The van der Waals surface area contributed by atoms with Crippen LogP contribution in [0.5, 0.6) is 0 Å². The van der Waals surface area contributed by atoms with Crippen molar-refractivity contribution in [2.45, 2.75) is 6.92 Å². The summed E-state index contributed by atoms with van der Waals surface area (Å²) in [4.78, 5) is 4.54. The maximum atomic E-state index is 9.46. The van der Waals surface area contributed by atoms with Crippen LogP contribution in [0, 0.1) is 18.3 Å². The highest BCUT2D eigenvalue weighted by Crippen LogP contribution is 2.32. The van der Waals surface area contributed by atoms with Gasteiger partial charge in [-0.05, 0) is 36.8 Å². The molecule has 1 N–H and O–H groups in total. The van der Waals surface area contributed by atoms with E-state index in [1.807, 2.05) is 42.6 Å². The summed E-state index contributed by atoms with van der Waals surface area (Å²) in [6.07, 6.45) is 1.68. The minimum atomic E-state index is 0.463. The van der Waals surface area contributed by atoms with Crippen LogP contribution >= 0.6 is 34.5 Å². The minimum Gasteiger partial charge on any atom is -0.360 e. The van der Waals surface area contributed by atoms with Crippen LogP contribution in [0.25, 0.3) is 16.8 Å². The van der Waals surface area contributed by atoms with Crippen molar-refractivity contribution in [2.24, 2.45) is 0 Å². The molecule has 0 aliphatic heterocycles. The summed E-state index contributed by atoms with van der Waals surface area (Å²) in [5, 5.41) is 16.2. The standard InChI is InChI=1S/C19H13Cl2N3S/c1-12-4-2-3-5-17(12)23-10-13(9-22)19-24-18(11-25-19)15-7-6-14(20)8-16(15)21/h2-8,10-11,23H,1H3/b13-10-. The molecule has 0 aliphatic rings. The average molecular weight is 386 g/mol. The first-order valence-corrected chi connectivity index (χ1v) is 9.06. The Morgan fingerprint density at radius 3 is 2.76 bits per heavy atom. The molecule has 3 rings (SSSR count). The maximum absolute atomic E-state index is 9.46. The highest BCUT2D eigenvalue weighted by atomic mass is 35.5. The van der Waals surface area contributed by atoms with Gasteiger partial charge < -0.3 is 5.32 Å². The van der Waals surface area contributed by atoms with E-state index in [1.165, 1.54) is 11.3 Å². The summed E-state index contributed by atoms with van der Waals surface area (Å²) in [5.41, 5.74) is 4.03. The van der Waals surface area contributed by atoms with Gasteiger partial charge in [0.15, 0.2) is 0 Å². The largest absolute Gasteiger partial charge is 0.360 e. The Hall–Kier alpha value is -2.32. The van der Waals surface area contributed by atoms with Crippen LogP contribution in [0.2, 0.25) is 10.0 Å². The fourth-order valence-corrected chi connectivity index (χ4v) is 3.54. The van der Waals surface area contributed by atoms with Gasteiger partial charge in [-0.15, -0.1) is 11.3 Å². The lowest BCUT2D eigenvalue weighted by Crippen LogP contribution is -1.93. The SMILES string of the molecule is Cc1ccccc1N/C=C(/C#N)c1nc(-c2ccc(Cl)cc2Cl)cs1. The number of halogens is 2. The van der Waals surface area contributed by atoms with Gasteiger partial charge in [0, 0.05) is 27.9 Å². The van der Waals surface area contributed by atoms with Crippen molar-refractivity contribution in [3.63, 3.8) is 0 Å². The predicted molar refractivity (Wildman–Crippen MR) is 106 cm³/mol. The van der Waals surface area contributed by atoms with Gasteiger partial charge >= 0.3 is 0 Å². The van der Waals surface area contributed by atoms with Gasteiger partial charge in [0.2, 0.25) is 0 Å². The molecular weight excluding hydrogens is 373 g/mol. The highest BCUT2D eigenvalue weighted by Gasteiger charge is 2.11. The third kappa shape index (κ3) is 4.02. The van der Waals surface area contributed by atoms with Crippen molar-refractivity contribution in [2.75, 3.05) is 5.32 Å². The van der Waals surface area contributed by atoms with E-state index in [2.05, 4.69) is 16.4 Å². The summed E-state index contributed by atoms with van der Waals surface area (Å²) in [6, 6.07) is 15.3. The molecule has 0 spiro atoms. The van der Waals surface area contributed by atoms with Crippen LogP contribution in [0.1, 0.15) is 10.6 Å². The zero-order valence-corrected chi connectivity index (χ0v) is 15.6. The molecule has 124 valence electrons. The molecule has 0 unspecified atom stereocenters. The van der Waals surface area contributed by atoms with Gasteiger partial charge in [-0.2, -0.15) is 5.26 Å². The molecule has 3 nitrogen and oxygen atoms in total. The number of allylic oxidation sites excluding steroid dienone is 1. The first-order chi connectivity index (χ1) is 12.1. The number of hydrogen-bond acceptors (Lipinski definition) is 4. The number of nitriles is 1. The maximum Gasteiger partial charge on any atom is 0.136 e. The first kappa shape index (κ1) is 17.5. The molecule has 1 heterocycles. The van der Waals surface area contributed by atoms with Crippen LogP contribution in [-0.4, -0.2) is 4.98 Å². The van der Waals surface area contributed by atoms with E-state index in [9.17, 15) is 5.26 Å². The van der Waals surface area contributed by atoms with E-state index < -0.39 is 0 Å². The Morgan fingerprint density at radius 1 is 1.24 bits per heavy atom. The fraction of sp³-hybridized carbons (Fsp3) is 0.0526. The van der Waals surface area contributed by atoms with Crippen molar-refractivity contribution in [3.05, 3.63) is 74.7 Å². The van der Waals surface area contributed by atoms with E-state index in [0.29, 0.717) is 20.6 Å². The second-order valence-electron chi connectivity index (χ2n) is 5.29. The van der Waals surface area contributed by atoms with Gasteiger partial charge in [0.25, 0.3) is 0 Å². The van der Waals surface area contributed by atoms with Crippen molar-refractivity contribution < 1.29 is 0 Å². The molecule has 25 heavy (non-hydrogen) atoms. The number of benzene rings is 2. The molecule has 0 aliphatic carbocycles. The summed E-state index contributed by atoms with van der Waals surface area (Å²) < 4.78 is 0. The molecule has 0 amide bonds. The second kappa shape index (κ2) is 7.71. The lowest BCUT2D eigenvalue weighted by molar-refractivity contribution is 1.36. The Labute approximate surface area is 160 Å². The number of para-hydroxylation sites is 1. The molecule has 0 radical (unpaired) electrons. The van der Waals surface area contributed by atoms with Crippen LogP contribution < -0.4 is 5.32 Å². The minimum absolute atomic E-state index is 0.463.